The molecular weight excluding hydrogens is 331 g/mol. The van der Waals surface area contributed by atoms with Gasteiger partial charge >= 0.3 is 0 Å². The van der Waals surface area contributed by atoms with E-state index in [4.69, 9.17) is 23.2 Å². The van der Waals surface area contributed by atoms with Gasteiger partial charge in [0.25, 0.3) is 0 Å². The summed E-state index contributed by atoms with van der Waals surface area (Å²) in [5.41, 5.74) is 2.51. The van der Waals surface area contributed by atoms with E-state index in [1.807, 2.05) is 36.4 Å². The second-order valence-electron chi connectivity index (χ2n) is 4.83. The molecular formula is C17H14Cl2N4. The Bertz CT molecular complexity index is 822. The average molecular weight is 345 g/mol. The molecule has 2 N–H and O–H groups in total. The van der Waals surface area contributed by atoms with Crippen LogP contribution in [0, 0.1) is 0 Å². The van der Waals surface area contributed by atoms with Crippen molar-refractivity contribution in [3.63, 3.8) is 0 Å². The zero-order chi connectivity index (χ0) is 16.2. The Labute approximate surface area is 144 Å². The Kier molecular flexibility index (Phi) is 4.65. The van der Waals surface area contributed by atoms with E-state index in [-0.39, 0.29) is 0 Å². The molecule has 6 heteroatoms. The molecule has 0 fully saturated rings. The molecule has 0 aliphatic carbocycles. The standard InChI is InChI=1S/C17H14Cl2N4/c1-20-17-22-14(11-5-3-2-4-6-11)10-16(23-17)21-15-9-12(18)7-8-13(15)19/h2-10H,1H3,(H2,20,21,22,23). The molecule has 3 rings (SSSR count). The highest BCUT2D eigenvalue weighted by Gasteiger charge is 2.08. The van der Waals surface area contributed by atoms with Gasteiger partial charge in [-0.1, -0.05) is 53.5 Å². The van der Waals surface area contributed by atoms with Crippen molar-refractivity contribution in [2.45, 2.75) is 0 Å². The quantitative estimate of drug-likeness (QED) is 0.679. The Morgan fingerprint density at radius 3 is 2.43 bits per heavy atom. The first-order valence-corrected chi connectivity index (χ1v) is 7.75. The van der Waals surface area contributed by atoms with Gasteiger partial charge < -0.3 is 10.6 Å². The van der Waals surface area contributed by atoms with Gasteiger partial charge in [-0.15, -0.1) is 0 Å². The van der Waals surface area contributed by atoms with Crippen molar-refractivity contribution in [1.82, 2.24) is 9.97 Å². The van der Waals surface area contributed by atoms with E-state index in [9.17, 15) is 0 Å². The normalized spacial score (nSPS) is 10.4. The van der Waals surface area contributed by atoms with Crippen LogP contribution in [0.5, 0.6) is 0 Å². The van der Waals surface area contributed by atoms with Crippen LogP contribution in [0.2, 0.25) is 10.0 Å². The summed E-state index contributed by atoms with van der Waals surface area (Å²) in [5, 5.41) is 7.33. The molecule has 0 saturated heterocycles. The van der Waals surface area contributed by atoms with E-state index >= 15 is 0 Å². The number of hydrogen-bond acceptors (Lipinski definition) is 4. The Morgan fingerprint density at radius 2 is 1.70 bits per heavy atom. The lowest BCUT2D eigenvalue weighted by Crippen LogP contribution is -2.02. The van der Waals surface area contributed by atoms with Crippen molar-refractivity contribution < 1.29 is 0 Å². The highest BCUT2D eigenvalue weighted by Crippen LogP contribution is 2.29. The van der Waals surface area contributed by atoms with Crippen LogP contribution in [0.15, 0.2) is 54.6 Å². The predicted molar refractivity (Wildman–Crippen MR) is 96.8 cm³/mol. The molecule has 1 heterocycles. The lowest BCUT2D eigenvalue weighted by atomic mass is 10.1. The van der Waals surface area contributed by atoms with Gasteiger partial charge in [0.05, 0.1) is 16.4 Å². The maximum atomic E-state index is 6.20. The van der Waals surface area contributed by atoms with E-state index in [0.29, 0.717) is 27.5 Å². The number of benzene rings is 2. The van der Waals surface area contributed by atoms with Crippen molar-refractivity contribution >= 4 is 40.7 Å². The third-order valence-electron chi connectivity index (χ3n) is 3.21. The van der Waals surface area contributed by atoms with Crippen LogP contribution in [-0.4, -0.2) is 17.0 Å². The van der Waals surface area contributed by atoms with Crippen molar-refractivity contribution in [3.05, 3.63) is 64.6 Å². The highest BCUT2D eigenvalue weighted by atomic mass is 35.5. The zero-order valence-electron chi connectivity index (χ0n) is 12.3. The summed E-state index contributed by atoms with van der Waals surface area (Å²) in [5.74, 6) is 1.15. The van der Waals surface area contributed by atoms with Gasteiger partial charge in [0.15, 0.2) is 0 Å². The molecule has 23 heavy (non-hydrogen) atoms. The maximum absolute atomic E-state index is 6.20. The Morgan fingerprint density at radius 1 is 0.913 bits per heavy atom. The summed E-state index contributed by atoms with van der Waals surface area (Å²) in [6.07, 6.45) is 0. The largest absolute Gasteiger partial charge is 0.357 e. The molecule has 0 amide bonds. The van der Waals surface area contributed by atoms with Gasteiger partial charge in [0, 0.05) is 23.7 Å². The third kappa shape index (κ3) is 3.73. The number of hydrogen-bond donors (Lipinski definition) is 2. The van der Waals surface area contributed by atoms with Gasteiger partial charge in [0.1, 0.15) is 5.82 Å². The van der Waals surface area contributed by atoms with Gasteiger partial charge in [-0.25, -0.2) is 4.98 Å². The molecule has 3 aromatic rings. The first kappa shape index (κ1) is 15.6. The summed E-state index contributed by atoms with van der Waals surface area (Å²) >= 11 is 12.2. The summed E-state index contributed by atoms with van der Waals surface area (Å²) in [4.78, 5) is 8.89. The highest BCUT2D eigenvalue weighted by molar-refractivity contribution is 6.35. The summed E-state index contributed by atoms with van der Waals surface area (Å²) in [7, 11) is 1.78. The minimum absolute atomic E-state index is 0.520. The topological polar surface area (TPSA) is 49.8 Å². The Hall–Kier alpha value is -2.30. The number of nitrogens with one attached hydrogen (secondary N) is 2. The predicted octanol–water partition coefficient (Wildman–Crippen LogP) is 5.24. The van der Waals surface area contributed by atoms with Crippen molar-refractivity contribution in [1.29, 1.82) is 0 Å². The van der Waals surface area contributed by atoms with Crippen molar-refractivity contribution in [2.75, 3.05) is 17.7 Å². The number of rotatable bonds is 4. The minimum atomic E-state index is 0.520. The molecule has 4 nitrogen and oxygen atoms in total. The monoisotopic (exact) mass is 344 g/mol. The number of halogens is 2. The fourth-order valence-electron chi connectivity index (χ4n) is 2.11. The molecule has 0 spiro atoms. The van der Waals surface area contributed by atoms with E-state index < -0.39 is 0 Å². The molecule has 1 aromatic heterocycles. The van der Waals surface area contributed by atoms with E-state index in [1.165, 1.54) is 0 Å². The zero-order valence-corrected chi connectivity index (χ0v) is 13.9. The van der Waals surface area contributed by atoms with Gasteiger partial charge in [-0.05, 0) is 18.2 Å². The van der Waals surface area contributed by atoms with Crippen LogP contribution in [0.25, 0.3) is 11.3 Å². The molecule has 0 atom stereocenters. The molecule has 116 valence electrons. The van der Waals surface area contributed by atoms with Crippen molar-refractivity contribution in [3.8, 4) is 11.3 Å². The molecule has 0 saturated carbocycles. The lowest BCUT2D eigenvalue weighted by molar-refractivity contribution is 1.15. The lowest BCUT2D eigenvalue weighted by Gasteiger charge is -2.11. The van der Waals surface area contributed by atoms with Gasteiger partial charge in [0.2, 0.25) is 5.95 Å². The SMILES string of the molecule is CNc1nc(Nc2cc(Cl)ccc2Cl)cc(-c2ccccc2)n1. The molecule has 0 aliphatic heterocycles. The molecule has 0 unspecified atom stereocenters. The van der Waals surface area contributed by atoms with Crippen LogP contribution in [-0.2, 0) is 0 Å². The van der Waals surface area contributed by atoms with Crippen molar-refractivity contribution in [2.24, 2.45) is 0 Å². The smallest absolute Gasteiger partial charge is 0.224 e. The molecule has 2 aromatic carbocycles. The fourth-order valence-corrected chi connectivity index (χ4v) is 2.45. The molecule has 0 aliphatic rings. The van der Waals surface area contributed by atoms with E-state index in [2.05, 4.69) is 20.6 Å². The molecule has 0 bridgehead atoms. The second-order valence-corrected chi connectivity index (χ2v) is 5.67. The molecule has 0 radical (unpaired) electrons. The first-order valence-electron chi connectivity index (χ1n) is 7.00. The maximum Gasteiger partial charge on any atom is 0.224 e. The van der Waals surface area contributed by atoms with E-state index in [1.54, 1.807) is 25.2 Å². The fraction of sp³-hybridized carbons (Fsp3) is 0.0588. The summed E-state index contributed by atoms with van der Waals surface area (Å²) in [6.45, 7) is 0. The van der Waals surface area contributed by atoms with Crippen LogP contribution >= 0.6 is 23.2 Å². The average Bonchev–Trinajstić information content (AvgIpc) is 2.58. The number of aromatic nitrogens is 2. The van der Waals surface area contributed by atoms with Gasteiger partial charge in [-0.2, -0.15) is 4.98 Å². The second kappa shape index (κ2) is 6.86. The summed E-state index contributed by atoms with van der Waals surface area (Å²) < 4.78 is 0. The Balaban J connectivity index is 2.00. The van der Waals surface area contributed by atoms with Gasteiger partial charge in [-0.3, -0.25) is 0 Å². The first-order chi connectivity index (χ1) is 11.2. The van der Waals surface area contributed by atoms with Crippen LogP contribution < -0.4 is 10.6 Å². The minimum Gasteiger partial charge on any atom is -0.357 e. The van der Waals surface area contributed by atoms with E-state index in [0.717, 1.165) is 11.3 Å². The van der Waals surface area contributed by atoms with Crippen LogP contribution in [0.3, 0.4) is 0 Å². The summed E-state index contributed by atoms with van der Waals surface area (Å²) in [6, 6.07) is 17.0. The van der Waals surface area contributed by atoms with Crippen LogP contribution in [0.1, 0.15) is 0 Å². The van der Waals surface area contributed by atoms with Crippen LogP contribution in [0.4, 0.5) is 17.5 Å². The number of nitrogens with zero attached hydrogens (tertiary/aromatic N) is 2. The number of anilines is 3. The third-order valence-corrected chi connectivity index (χ3v) is 3.78.